The third-order valence-electron chi connectivity index (χ3n) is 5.87. The highest BCUT2D eigenvalue weighted by molar-refractivity contribution is 5.95. The number of benzene rings is 2. The number of hydrogen-bond donors (Lipinski definition) is 2. The van der Waals surface area contributed by atoms with Crippen LogP contribution in [0.25, 0.3) is 0 Å². The van der Waals surface area contributed by atoms with Crippen LogP contribution in [-0.4, -0.2) is 56.2 Å². The third-order valence-corrected chi connectivity index (χ3v) is 5.87. The van der Waals surface area contributed by atoms with Crippen molar-refractivity contribution < 1.29 is 27.5 Å². The van der Waals surface area contributed by atoms with Gasteiger partial charge in [-0.15, -0.1) is 0 Å². The van der Waals surface area contributed by atoms with Crippen LogP contribution in [0, 0.1) is 17.5 Å². The number of anilines is 1. The Kier molecular flexibility index (Phi) is 7.06. The van der Waals surface area contributed by atoms with Crippen LogP contribution in [0.1, 0.15) is 18.5 Å². The lowest BCUT2D eigenvalue weighted by molar-refractivity contribution is -0.139. The first-order chi connectivity index (χ1) is 16.4. The van der Waals surface area contributed by atoms with Gasteiger partial charge in [0.1, 0.15) is 5.82 Å². The number of carbonyl (C=O) groups is 2. The van der Waals surface area contributed by atoms with E-state index < -0.39 is 29.7 Å². The zero-order valence-corrected chi connectivity index (χ0v) is 18.6. The predicted molar refractivity (Wildman–Crippen MR) is 119 cm³/mol. The number of nitrogens with one attached hydrogen (secondary N) is 2. The molecule has 10 heteroatoms. The lowest BCUT2D eigenvalue weighted by Crippen LogP contribution is -2.51. The van der Waals surface area contributed by atoms with Gasteiger partial charge in [0.05, 0.1) is 18.2 Å². The minimum Gasteiger partial charge on any atom is -0.463 e. The van der Waals surface area contributed by atoms with Crippen molar-refractivity contribution in [3.05, 3.63) is 76.7 Å². The summed E-state index contributed by atoms with van der Waals surface area (Å²) in [5.74, 6) is -3.04. The molecule has 0 bridgehead atoms. The molecule has 4 rings (SSSR count). The molecule has 0 saturated carbocycles. The Morgan fingerprint density at radius 3 is 2.38 bits per heavy atom. The second-order valence-corrected chi connectivity index (χ2v) is 8.06. The Bertz CT molecular complexity index is 1100. The highest BCUT2D eigenvalue weighted by atomic mass is 19.2. The fraction of sp³-hybridized carbons (Fsp3) is 0.333. The Balaban J connectivity index is 1.56. The highest BCUT2D eigenvalue weighted by Crippen LogP contribution is 2.29. The fourth-order valence-electron chi connectivity index (χ4n) is 4.17. The molecule has 1 saturated heterocycles. The number of carbonyl (C=O) groups excluding carboxylic acids is 2. The van der Waals surface area contributed by atoms with E-state index in [1.807, 2.05) is 0 Å². The monoisotopic (exact) mass is 474 g/mol. The van der Waals surface area contributed by atoms with E-state index in [0.29, 0.717) is 31.9 Å². The predicted octanol–water partition coefficient (Wildman–Crippen LogP) is 3.10. The molecule has 0 radical (unpaired) electrons. The van der Waals surface area contributed by atoms with Gasteiger partial charge in [-0.3, -0.25) is 4.90 Å². The summed E-state index contributed by atoms with van der Waals surface area (Å²) in [6.07, 6.45) is 0. The molecule has 0 spiro atoms. The molecular weight excluding hydrogens is 449 g/mol. The summed E-state index contributed by atoms with van der Waals surface area (Å²) in [6.45, 7) is 4.66. The molecule has 2 heterocycles. The van der Waals surface area contributed by atoms with Crippen molar-refractivity contribution in [1.82, 2.24) is 15.5 Å². The van der Waals surface area contributed by atoms with Crippen molar-refractivity contribution in [3.63, 3.8) is 0 Å². The van der Waals surface area contributed by atoms with Crippen LogP contribution in [0.3, 0.4) is 0 Å². The summed E-state index contributed by atoms with van der Waals surface area (Å²) in [5, 5.41) is 5.31. The van der Waals surface area contributed by atoms with Gasteiger partial charge in [0.25, 0.3) is 0 Å². The van der Waals surface area contributed by atoms with E-state index in [1.54, 1.807) is 19.1 Å². The number of hydrogen-bond acceptors (Lipinski definition) is 5. The molecule has 180 valence electrons. The molecule has 2 aliphatic heterocycles. The third kappa shape index (κ3) is 5.17. The van der Waals surface area contributed by atoms with Crippen LogP contribution >= 0.6 is 0 Å². The van der Waals surface area contributed by atoms with E-state index in [4.69, 9.17) is 4.74 Å². The second kappa shape index (κ2) is 10.2. The molecule has 1 fully saturated rings. The fourth-order valence-corrected chi connectivity index (χ4v) is 4.17. The van der Waals surface area contributed by atoms with Crippen molar-refractivity contribution in [2.75, 3.05) is 44.2 Å². The summed E-state index contributed by atoms with van der Waals surface area (Å²) < 4.78 is 45.8. The summed E-state index contributed by atoms with van der Waals surface area (Å²) in [6, 6.07) is 7.99. The number of esters is 1. The van der Waals surface area contributed by atoms with Gasteiger partial charge in [-0.2, -0.15) is 0 Å². The summed E-state index contributed by atoms with van der Waals surface area (Å²) >= 11 is 0. The summed E-state index contributed by atoms with van der Waals surface area (Å²) in [5.41, 5.74) is 1.65. The molecule has 7 nitrogen and oxygen atoms in total. The van der Waals surface area contributed by atoms with E-state index in [0.717, 1.165) is 17.8 Å². The average molecular weight is 474 g/mol. The zero-order valence-electron chi connectivity index (χ0n) is 18.6. The number of amides is 2. The Labute approximate surface area is 195 Å². The molecule has 0 aliphatic carbocycles. The smallest absolute Gasteiger partial charge is 0.338 e. The molecule has 0 aromatic heterocycles. The minimum atomic E-state index is -1.08. The van der Waals surface area contributed by atoms with Crippen LogP contribution < -0.4 is 15.5 Å². The molecule has 0 unspecified atom stereocenters. The number of piperazine rings is 1. The molecule has 2 aromatic carbocycles. The van der Waals surface area contributed by atoms with E-state index in [9.17, 15) is 22.8 Å². The SMILES string of the molecule is CCOC(=O)C1=C(CN2CCN(c3ccc(F)cc3)CC2)NC(=O)N[C@H]1c1ccc(F)c(F)c1. The van der Waals surface area contributed by atoms with Crippen LogP contribution in [0.5, 0.6) is 0 Å². The molecule has 2 aromatic rings. The normalized spacial score (nSPS) is 19.0. The van der Waals surface area contributed by atoms with Gasteiger partial charge < -0.3 is 20.3 Å². The van der Waals surface area contributed by atoms with Crippen molar-refractivity contribution in [3.8, 4) is 0 Å². The zero-order chi connectivity index (χ0) is 24.2. The molecular formula is C24H25F3N4O3. The van der Waals surface area contributed by atoms with Gasteiger partial charge in [0.15, 0.2) is 11.6 Å². The maximum absolute atomic E-state index is 13.9. The van der Waals surface area contributed by atoms with E-state index in [1.165, 1.54) is 18.2 Å². The van der Waals surface area contributed by atoms with E-state index in [-0.39, 0.29) is 30.1 Å². The lowest BCUT2D eigenvalue weighted by atomic mass is 9.94. The summed E-state index contributed by atoms with van der Waals surface area (Å²) in [4.78, 5) is 29.5. The van der Waals surface area contributed by atoms with E-state index >= 15 is 0 Å². The maximum Gasteiger partial charge on any atom is 0.338 e. The van der Waals surface area contributed by atoms with Crippen molar-refractivity contribution in [1.29, 1.82) is 0 Å². The first-order valence-corrected chi connectivity index (χ1v) is 11.0. The highest BCUT2D eigenvalue weighted by Gasteiger charge is 2.35. The molecule has 1 atom stereocenters. The molecule has 34 heavy (non-hydrogen) atoms. The number of ether oxygens (including phenoxy) is 1. The second-order valence-electron chi connectivity index (χ2n) is 8.06. The largest absolute Gasteiger partial charge is 0.463 e. The number of nitrogens with zero attached hydrogens (tertiary/aromatic N) is 2. The number of rotatable bonds is 6. The van der Waals surface area contributed by atoms with Gasteiger partial charge in [0.2, 0.25) is 0 Å². The topological polar surface area (TPSA) is 73.9 Å². The molecule has 2 N–H and O–H groups in total. The van der Waals surface area contributed by atoms with Gasteiger partial charge in [0, 0.05) is 44.1 Å². The quantitative estimate of drug-likeness (QED) is 0.630. The minimum absolute atomic E-state index is 0.115. The molecule has 2 amide bonds. The van der Waals surface area contributed by atoms with Crippen LogP contribution in [0.15, 0.2) is 53.7 Å². The number of halogens is 3. The van der Waals surface area contributed by atoms with Crippen molar-refractivity contribution >= 4 is 17.7 Å². The Morgan fingerprint density at radius 2 is 1.74 bits per heavy atom. The molecule has 2 aliphatic rings. The Hall–Kier alpha value is -3.53. The van der Waals surface area contributed by atoms with Crippen LogP contribution in [0.4, 0.5) is 23.7 Å². The van der Waals surface area contributed by atoms with Crippen LogP contribution in [-0.2, 0) is 9.53 Å². The number of urea groups is 1. The maximum atomic E-state index is 13.9. The van der Waals surface area contributed by atoms with Gasteiger partial charge in [-0.25, -0.2) is 22.8 Å². The average Bonchev–Trinajstić information content (AvgIpc) is 2.81. The lowest BCUT2D eigenvalue weighted by Gasteiger charge is -2.38. The van der Waals surface area contributed by atoms with Crippen molar-refractivity contribution in [2.24, 2.45) is 0 Å². The van der Waals surface area contributed by atoms with Gasteiger partial charge >= 0.3 is 12.0 Å². The first kappa shape index (κ1) is 23.6. The summed E-state index contributed by atoms with van der Waals surface area (Å²) in [7, 11) is 0. The van der Waals surface area contributed by atoms with Crippen molar-refractivity contribution in [2.45, 2.75) is 13.0 Å². The Morgan fingerprint density at radius 1 is 1.03 bits per heavy atom. The van der Waals surface area contributed by atoms with Gasteiger partial charge in [-0.1, -0.05) is 6.07 Å². The van der Waals surface area contributed by atoms with Crippen LogP contribution in [0.2, 0.25) is 0 Å². The van der Waals surface area contributed by atoms with Gasteiger partial charge in [-0.05, 0) is 48.9 Å². The first-order valence-electron chi connectivity index (χ1n) is 11.0. The van der Waals surface area contributed by atoms with E-state index in [2.05, 4.69) is 20.4 Å². The standard InChI is InChI=1S/C24H25F3N4O3/c1-2-34-23(32)21-20(28-24(33)29-22(21)15-3-8-18(26)19(27)13-15)14-30-9-11-31(12-10-30)17-6-4-16(25)5-7-17/h3-8,13,22H,2,9-12,14H2,1H3,(H2,28,29,33)/t22-/m0/s1.